The van der Waals surface area contributed by atoms with Crippen molar-refractivity contribution in [2.24, 2.45) is 5.73 Å². The number of nitrogens with zero attached hydrogens (tertiary/aromatic N) is 2. The van der Waals surface area contributed by atoms with Gasteiger partial charge in [-0.3, -0.25) is 0 Å². The number of hydrogen-bond donors (Lipinski definition) is 2. The lowest BCUT2D eigenvalue weighted by Gasteiger charge is -2.09. The average Bonchev–Trinajstić information content (AvgIpc) is 2.84. The minimum absolute atomic E-state index is 0.187. The predicted octanol–water partition coefficient (Wildman–Crippen LogP) is 0.919. The molecular weight excluding hydrogens is 292 g/mol. The van der Waals surface area contributed by atoms with Crippen LogP contribution in [0.25, 0.3) is 0 Å². The highest BCUT2D eigenvalue weighted by Gasteiger charge is 2.15. The van der Waals surface area contributed by atoms with E-state index < -0.39 is 10.0 Å². The van der Waals surface area contributed by atoms with Gasteiger partial charge in [-0.05, 0) is 31.5 Å². The molecule has 0 aliphatic heterocycles. The van der Waals surface area contributed by atoms with E-state index in [4.69, 9.17) is 10.3 Å². The minimum atomic E-state index is -3.58. The van der Waals surface area contributed by atoms with Gasteiger partial charge in [-0.1, -0.05) is 17.3 Å². The van der Waals surface area contributed by atoms with E-state index in [2.05, 4.69) is 14.9 Å². The van der Waals surface area contributed by atoms with Crippen LogP contribution < -0.4 is 10.5 Å². The lowest BCUT2D eigenvalue weighted by atomic mass is 10.1. The van der Waals surface area contributed by atoms with Crippen molar-refractivity contribution in [3.8, 4) is 0 Å². The Morgan fingerprint density at radius 1 is 1.43 bits per heavy atom. The van der Waals surface area contributed by atoms with E-state index in [-0.39, 0.29) is 17.5 Å². The number of benzene rings is 1. The molecule has 7 nitrogen and oxygen atoms in total. The highest BCUT2D eigenvalue weighted by Crippen LogP contribution is 2.15. The van der Waals surface area contributed by atoms with Crippen LogP contribution in [-0.4, -0.2) is 25.1 Å². The molecular formula is C13H18N4O3S. The van der Waals surface area contributed by atoms with Crippen molar-refractivity contribution in [2.75, 3.05) is 6.54 Å². The molecule has 1 heterocycles. The molecule has 0 aliphatic rings. The van der Waals surface area contributed by atoms with Crippen LogP contribution >= 0.6 is 0 Å². The zero-order valence-electron chi connectivity index (χ0n) is 11.9. The number of nitrogens with two attached hydrogens (primary N) is 1. The van der Waals surface area contributed by atoms with E-state index in [9.17, 15) is 8.42 Å². The Kier molecular flexibility index (Phi) is 4.71. The molecule has 0 radical (unpaired) electrons. The highest BCUT2D eigenvalue weighted by molar-refractivity contribution is 7.89. The van der Waals surface area contributed by atoms with Crippen molar-refractivity contribution in [1.82, 2.24) is 14.9 Å². The number of hydrogen-bond acceptors (Lipinski definition) is 6. The number of sulfonamides is 1. The molecule has 1 atom stereocenters. The van der Waals surface area contributed by atoms with Gasteiger partial charge >= 0.3 is 0 Å². The fraction of sp³-hybridized carbons (Fsp3) is 0.385. The molecule has 114 valence electrons. The maximum atomic E-state index is 12.2. The number of nitrogens with one attached hydrogen (secondary N) is 1. The van der Waals surface area contributed by atoms with E-state index in [1.54, 1.807) is 32.0 Å². The third kappa shape index (κ3) is 4.10. The highest BCUT2D eigenvalue weighted by atomic mass is 32.2. The molecule has 0 bridgehead atoms. The molecule has 2 aromatic rings. The summed E-state index contributed by atoms with van der Waals surface area (Å²) in [5, 5.41) is 3.64. The van der Waals surface area contributed by atoms with E-state index in [0.29, 0.717) is 18.1 Å². The zero-order valence-corrected chi connectivity index (χ0v) is 12.7. The molecule has 0 amide bonds. The molecule has 1 unspecified atom stereocenters. The number of rotatable bonds is 6. The van der Waals surface area contributed by atoms with Gasteiger partial charge in [0.1, 0.15) is 0 Å². The number of aromatic nitrogens is 2. The summed E-state index contributed by atoms with van der Waals surface area (Å²) in [6, 6.07) is 6.36. The Morgan fingerprint density at radius 3 is 2.81 bits per heavy atom. The van der Waals surface area contributed by atoms with Crippen LogP contribution in [0.2, 0.25) is 0 Å². The molecule has 8 heteroatoms. The summed E-state index contributed by atoms with van der Waals surface area (Å²) in [5.74, 6) is 0.928. The fourth-order valence-electron chi connectivity index (χ4n) is 1.78. The Hall–Kier alpha value is -1.77. The van der Waals surface area contributed by atoms with Gasteiger partial charge in [-0.15, -0.1) is 0 Å². The molecule has 1 aromatic carbocycles. The third-order valence-electron chi connectivity index (χ3n) is 2.89. The normalized spacial score (nSPS) is 13.3. The first-order valence-electron chi connectivity index (χ1n) is 6.53. The summed E-state index contributed by atoms with van der Waals surface area (Å²) in [5.41, 5.74) is 6.53. The van der Waals surface area contributed by atoms with Crippen molar-refractivity contribution >= 4 is 10.0 Å². The van der Waals surface area contributed by atoms with Gasteiger partial charge in [0.15, 0.2) is 5.82 Å². The molecule has 21 heavy (non-hydrogen) atoms. The molecule has 2 rings (SSSR count). The van der Waals surface area contributed by atoms with Crippen LogP contribution in [-0.2, 0) is 16.4 Å². The second-order valence-corrected chi connectivity index (χ2v) is 6.51. The minimum Gasteiger partial charge on any atom is -0.339 e. The molecule has 3 N–H and O–H groups in total. The molecule has 0 aliphatic carbocycles. The second kappa shape index (κ2) is 6.33. The Morgan fingerprint density at radius 2 is 2.19 bits per heavy atom. The lowest BCUT2D eigenvalue weighted by Crippen LogP contribution is -2.26. The van der Waals surface area contributed by atoms with Crippen LogP contribution in [0.3, 0.4) is 0 Å². The van der Waals surface area contributed by atoms with Gasteiger partial charge in [-0.2, -0.15) is 4.98 Å². The van der Waals surface area contributed by atoms with E-state index in [1.165, 1.54) is 6.07 Å². The number of aryl methyl sites for hydroxylation is 1. The summed E-state index contributed by atoms with van der Waals surface area (Å²) in [6.45, 7) is 3.69. The van der Waals surface area contributed by atoms with E-state index in [0.717, 1.165) is 5.56 Å². The standard InChI is InChI=1S/C13H18N4O3S/c1-9(14)11-4-3-5-12(8-11)21(18,19)15-7-6-13-16-10(2)17-20-13/h3-5,8-9,15H,6-7,14H2,1-2H3. The molecule has 0 saturated carbocycles. The third-order valence-corrected chi connectivity index (χ3v) is 4.35. The quantitative estimate of drug-likeness (QED) is 0.820. The van der Waals surface area contributed by atoms with Gasteiger partial charge < -0.3 is 10.3 Å². The van der Waals surface area contributed by atoms with Gasteiger partial charge in [0.05, 0.1) is 4.90 Å². The second-order valence-electron chi connectivity index (χ2n) is 4.74. The smallest absolute Gasteiger partial charge is 0.240 e. The summed E-state index contributed by atoms with van der Waals surface area (Å²) in [6.07, 6.45) is 0.340. The SMILES string of the molecule is Cc1noc(CCNS(=O)(=O)c2cccc(C(C)N)c2)n1. The van der Waals surface area contributed by atoms with Crippen LogP contribution in [0.1, 0.15) is 30.2 Å². The Balaban J connectivity index is 2.03. The predicted molar refractivity (Wildman–Crippen MR) is 77.0 cm³/mol. The van der Waals surface area contributed by atoms with Gasteiger partial charge in [0, 0.05) is 19.0 Å². The maximum Gasteiger partial charge on any atom is 0.240 e. The topological polar surface area (TPSA) is 111 Å². The first-order chi connectivity index (χ1) is 9.88. The van der Waals surface area contributed by atoms with Gasteiger partial charge in [0.25, 0.3) is 0 Å². The van der Waals surface area contributed by atoms with Crippen LogP contribution in [0, 0.1) is 6.92 Å². The molecule has 1 aromatic heterocycles. The van der Waals surface area contributed by atoms with E-state index in [1.807, 2.05) is 0 Å². The Labute approximate surface area is 123 Å². The van der Waals surface area contributed by atoms with Gasteiger partial charge in [-0.25, -0.2) is 13.1 Å². The summed E-state index contributed by atoms with van der Waals surface area (Å²) in [4.78, 5) is 4.20. The summed E-state index contributed by atoms with van der Waals surface area (Å²) >= 11 is 0. The first-order valence-corrected chi connectivity index (χ1v) is 8.01. The van der Waals surface area contributed by atoms with Crippen molar-refractivity contribution < 1.29 is 12.9 Å². The Bertz CT molecular complexity index is 710. The van der Waals surface area contributed by atoms with Crippen molar-refractivity contribution in [2.45, 2.75) is 31.2 Å². The van der Waals surface area contributed by atoms with Gasteiger partial charge in [0.2, 0.25) is 15.9 Å². The van der Waals surface area contributed by atoms with Crippen molar-refractivity contribution in [3.05, 3.63) is 41.5 Å². The molecule has 0 spiro atoms. The van der Waals surface area contributed by atoms with Crippen molar-refractivity contribution in [3.63, 3.8) is 0 Å². The lowest BCUT2D eigenvalue weighted by molar-refractivity contribution is 0.375. The van der Waals surface area contributed by atoms with Crippen LogP contribution in [0.15, 0.2) is 33.7 Å². The maximum absolute atomic E-state index is 12.2. The largest absolute Gasteiger partial charge is 0.339 e. The monoisotopic (exact) mass is 310 g/mol. The average molecular weight is 310 g/mol. The fourth-order valence-corrected chi connectivity index (χ4v) is 2.87. The molecule has 0 saturated heterocycles. The van der Waals surface area contributed by atoms with E-state index >= 15 is 0 Å². The summed E-state index contributed by atoms with van der Waals surface area (Å²) < 4.78 is 31.8. The van der Waals surface area contributed by atoms with Crippen molar-refractivity contribution in [1.29, 1.82) is 0 Å². The first kappa shape index (κ1) is 15.6. The summed E-state index contributed by atoms with van der Waals surface area (Å²) in [7, 11) is -3.58. The van der Waals surface area contributed by atoms with Crippen LogP contribution in [0.5, 0.6) is 0 Å². The molecule has 0 fully saturated rings. The zero-order chi connectivity index (χ0) is 15.5. The van der Waals surface area contributed by atoms with Crippen LogP contribution in [0.4, 0.5) is 0 Å².